The SMILES string of the molecule is CNC(=O)C(NC(=O)c1ccc(-c2cccc(CNC(=O)c3ccc(N)cc3)c2)o1)C(C)C. The molecule has 0 fully saturated rings. The number of hydrogen-bond donors (Lipinski definition) is 4. The predicted molar refractivity (Wildman–Crippen MR) is 126 cm³/mol. The second-order valence-corrected chi connectivity index (χ2v) is 7.98. The third kappa shape index (κ3) is 6.00. The van der Waals surface area contributed by atoms with E-state index < -0.39 is 11.9 Å². The van der Waals surface area contributed by atoms with Crippen molar-refractivity contribution in [3.05, 3.63) is 77.6 Å². The molecule has 1 aromatic heterocycles. The molecule has 8 heteroatoms. The molecule has 3 rings (SSSR count). The largest absolute Gasteiger partial charge is 0.451 e. The molecule has 8 nitrogen and oxygen atoms in total. The number of nitrogens with two attached hydrogens (primary N) is 1. The standard InChI is InChI=1S/C25H28N4O4/c1-15(2)22(25(32)27-3)29-24(31)21-12-11-20(33-21)18-6-4-5-16(13-18)14-28-23(30)17-7-9-19(26)10-8-17/h4-13,15,22H,14,26H2,1-3H3,(H,27,32)(H,28,30)(H,29,31). The molecule has 33 heavy (non-hydrogen) atoms. The third-order valence-electron chi connectivity index (χ3n) is 5.15. The van der Waals surface area contributed by atoms with Gasteiger partial charge in [-0.2, -0.15) is 0 Å². The fourth-order valence-corrected chi connectivity index (χ4v) is 3.27. The molecule has 2 aromatic carbocycles. The number of hydrogen-bond acceptors (Lipinski definition) is 5. The smallest absolute Gasteiger partial charge is 0.287 e. The first-order chi connectivity index (χ1) is 15.8. The van der Waals surface area contributed by atoms with Crippen molar-refractivity contribution in [2.75, 3.05) is 12.8 Å². The van der Waals surface area contributed by atoms with Crippen LogP contribution >= 0.6 is 0 Å². The average molecular weight is 449 g/mol. The quantitative estimate of drug-likeness (QED) is 0.394. The summed E-state index contributed by atoms with van der Waals surface area (Å²) in [6.45, 7) is 4.03. The van der Waals surface area contributed by atoms with Crippen LogP contribution in [0.2, 0.25) is 0 Å². The zero-order valence-electron chi connectivity index (χ0n) is 18.8. The van der Waals surface area contributed by atoms with Gasteiger partial charge in [-0.3, -0.25) is 14.4 Å². The monoisotopic (exact) mass is 448 g/mol. The van der Waals surface area contributed by atoms with Gasteiger partial charge in [0.15, 0.2) is 5.76 Å². The highest BCUT2D eigenvalue weighted by molar-refractivity contribution is 5.96. The lowest BCUT2D eigenvalue weighted by molar-refractivity contribution is -0.123. The number of likely N-dealkylation sites (N-methyl/N-ethyl adjacent to an activating group) is 1. The van der Waals surface area contributed by atoms with Crippen LogP contribution in [0.5, 0.6) is 0 Å². The zero-order chi connectivity index (χ0) is 24.0. The summed E-state index contributed by atoms with van der Waals surface area (Å²) in [7, 11) is 1.53. The number of carbonyl (C=O) groups excluding carboxylic acids is 3. The maximum atomic E-state index is 12.6. The average Bonchev–Trinajstić information content (AvgIpc) is 3.31. The highest BCUT2D eigenvalue weighted by Gasteiger charge is 2.25. The molecule has 0 saturated heterocycles. The van der Waals surface area contributed by atoms with E-state index >= 15 is 0 Å². The maximum Gasteiger partial charge on any atom is 0.287 e. The molecule has 0 saturated carbocycles. The number of carbonyl (C=O) groups is 3. The molecule has 0 bridgehead atoms. The molecule has 0 aliphatic carbocycles. The van der Waals surface area contributed by atoms with Crippen LogP contribution in [0.1, 0.15) is 40.3 Å². The number of nitrogen functional groups attached to an aromatic ring is 1. The van der Waals surface area contributed by atoms with E-state index in [0.717, 1.165) is 11.1 Å². The van der Waals surface area contributed by atoms with E-state index in [1.165, 1.54) is 7.05 Å². The summed E-state index contributed by atoms with van der Waals surface area (Å²) < 4.78 is 5.74. The van der Waals surface area contributed by atoms with Gasteiger partial charge in [-0.15, -0.1) is 0 Å². The molecule has 3 aromatic rings. The Morgan fingerprint density at radius 1 is 0.970 bits per heavy atom. The van der Waals surface area contributed by atoms with Crippen LogP contribution in [0.25, 0.3) is 11.3 Å². The fraction of sp³-hybridized carbons (Fsp3) is 0.240. The van der Waals surface area contributed by atoms with E-state index in [0.29, 0.717) is 23.6 Å². The molecule has 172 valence electrons. The van der Waals surface area contributed by atoms with Gasteiger partial charge >= 0.3 is 0 Å². The molecule has 3 amide bonds. The minimum Gasteiger partial charge on any atom is -0.451 e. The Hall–Kier alpha value is -4.07. The van der Waals surface area contributed by atoms with E-state index in [-0.39, 0.29) is 23.5 Å². The van der Waals surface area contributed by atoms with Crippen LogP contribution in [0.3, 0.4) is 0 Å². The van der Waals surface area contributed by atoms with Gasteiger partial charge in [0.1, 0.15) is 11.8 Å². The van der Waals surface area contributed by atoms with Crippen LogP contribution in [-0.4, -0.2) is 30.8 Å². The third-order valence-corrected chi connectivity index (χ3v) is 5.15. The van der Waals surface area contributed by atoms with Gasteiger partial charge in [-0.05, 0) is 53.9 Å². The van der Waals surface area contributed by atoms with Crippen molar-refractivity contribution in [1.82, 2.24) is 16.0 Å². The zero-order valence-corrected chi connectivity index (χ0v) is 18.8. The lowest BCUT2D eigenvalue weighted by Crippen LogP contribution is -2.48. The summed E-state index contributed by atoms with van der Waals surface area (Å²) in [5, 5.41) is 8.14. The Morgan fingerprint density at radius 2 is 1.70 bits per heavy atom. The molecule has 0 aliphatic rings. The van der Waals surface area contributed by atoms with Crippen LogP contribution in [0.4, 0.5) is 5.69 Å². The summed E-state index contributed by atoms with van der Waals surface area (Å²) in [4.78, 5) is 36.9. The van der Waals surface area contributed by atoms with Gasteiger partial charge in [-0.25, -0.2) is 0 Å². The summed E-state index contributed by atoms with van der Waals surface area (Å²) in [5.74, 6) is -0.388. The van der Waals surface area contributed by atoms with Gasteiger partial charge in [0.05, 0.1) is 0 Å². The van der Waals surface area contributed by atoms with Gasteiger partial charge in [0, 0.05) is 30.4 Å². The Labute approximate surface area is 192 Å². The summed E-state index contributed by atoms with van der Waals surface area (Å²) in [5.41, 5.74) is 8.42. The van der Waals surface area contributed by atoms with Crippen molar-refractivity contribution in [1.29, 1.82) is 0 Å². The lowest BCUT2D eigenvalue weighted by atomic mass is 10.0. The van der Waals surface area contributed by atoms with Crippen LogP contribution in [0.15, 0.2) is 65.1 Å². The first-order valence-electron chi connectivity index (χ1n) is 10.6. The van der Waals surface area contributed by atoms with Gasteiger partial charge in [0.2, 0.25) is 5.91 Å². The number of nitrogens with one attached hydrogen (secondary N) is 3. The number of amides is 3. The molecule has 1 heterocycles. The van der Waals surface area contributed by atoms with Crippen LogP contribution in [0, 0.1) is 5.92 Å². The number of rotatable bonds is 8. The van der Waals surface area contributed by atoms with Crippen molar-refractivity contribution >= 4 is 23.4 Å². The van der Waals surface area contributed by atoms with Crippen LogP contribution < -0.4 is 21.7 Å². The highest BCUT2D eigenvalue weighted by atomic mass is 16.4. The van der Waals surface area contributed by atoms with Gasteiger partial charge in [-0.1, -0.05) is 32.0 Å². The number of benzene rings is 2. The summed E-state index contributed by atoms with van der Waals surface area (Å²) in [6, 6.07) is 16.8. The highest BCUT2D eigenvalue weighted by Crippen LogP contribution is 2.23. The lowest BCUT2D eigenvalue weighted by Gasteiger charge is -2.19. The Balaban J connectivity index is 1.67. The summed E-state index contributed by atoms with van der Waals surface area (Å²) in [6.07, 6.45) is 0. The van der Waals surface area contributed by atoms with E-state index in [9.17, 15) is 14.4 Å². The van der Waals surface area contributed by atoms with Gasteiger partial charge in [0.25, 0.3) is 11.8 Å². The van der Waals surface area contributed by atoms with Crippen molar-refractivity contribution in [3.8, 4) is 11.3 Å². The van der Waals surface area contributed by atoms with Gasteiger partial charge < -0.3 is 26.1 Å². The normalized spacial score (nSPS) is 11.6. The Kier molecular flexibility index (Phi) is 7.50. The van der Waals surface area contributed by atoms with E-state index in [4.69, 9.17) is 10.2 Å². The fourth-order valence-electron chi connectivity index (χ4n) is 3.27. The van der Waals surface area contributed by atoms with Crippen molar-refractivity contribution < 1.29 is 18.8 Å². The molecule has 0 radical (unpaired) electrons. The number of furan rings is 1. The molecule has 0 aliphatic heterocycles. The van der Waals surface area contributed by atoms with E-state index in [2.05, 4.69) is 16.0 Å². The Morgan fingerprint density at radius 3 is 2.36 bits per heavy atom. The number of anilines is 1. The van der Waals surface area contributed by atoms with Crippen molar-refractivity contribution in [2.45, 2.75) is 26.4 Å². The van der Waals surface area contributed by atoms with Crippen molar-refractivity contribution in [2.24, 2.45) is 5.92 Å². The molecular formula is C25H28N4O4. The van der Waals surface area contributed by atoms with Crippen LogP contribution in [-0.2, 0) is 11.3 Å². The molecule has 1 unspecified atom stereocenters. The topological polar surface area (TPSA) is 126 Å². The Bertz CT molecular complexity index is 1140. The minimum atomic E-state index is -0.663. The second kappa shape index (κ2) is 10.5. The molecule has 1 atom stereocenters. The predicted octanol–water partition coefficient (Wildman–Crippen LogP) is 2.96. The second-order valence-electron chi connectivity index (χ2n) is 7.98. The molecule has 0 spiro atoms. The first kappa shape index (κ1) is 23.6. The van der Waals surface area contributed by atoms with E-state index in [1.807, 2.05) is 38.1 Å². The molecule has 5 N–H and O–H groups in total. The summed E-state index contributed by atoms with van der Waals surface area (Å²) >= 11 is 0. The van der Waals surface area contributed by atoms with Crippen molar-refractivity contribution in [3.63, 3.8) is 0 Å². The first-order valence-corrected chi connectivity index (χ1v) is 10.6. The maximum absolute atomic E-state index is 12.6. The molecular weight excluding hydrogens is 420 g/mol. The van der Waals surface area contributed by atoms with E-state index in [1.54, 1.807) is 36.4 Å². The minimum absolute atomic E-state index is 0.0801.